The first-order valence-electron chi connectivity index (χ1n) is 17.5. The molecule has 0 fully saturated rings. The topological polar surface area (TPSA) is 43.6 Å². The van der Waals surface area contributed by atoms with E-state index in [0.29, 0.717) is 17.5 Å². The normalized spacial score (nSPS) is 11.8. The van der Waals surface area contributed by atoms with E-state index in [2.05, 4.69) is 156 Å². The summed E-state index contributed by atoms with van der Waals surface area (Å²) in [6.07, 6.45) is 0. The van der Waals surface area contributed by atoms with Gasteiger partial charge < -0.3 is 4.57 Å². The summed E-state index contributed by atoms with van der Waals surface area (Å²) in [5.41, 5.74) is 6.37. The smallest absolute Gasteiger partial charge is 0.164 e. The molecule has 0 saturated heterocycles. The number of para-hydroxylation sites is 1. The van der Waals surface area contributed by atoms with Gasteiger partial charge in [-0.1, -0.05) is 121 Å². The summed E-state index contributed by atoms with van der Waals surface area (Å²) in [7, 11) is 0. The largest absolute Gasteiger partial charge is 0.309 e. The monoisotopic (exact) mass is 680 g/mol. The maximum absolute atomic E-state index is 5.22. The van der Waals surface area contributed by atoms with Crippen LogP contribution in [0.15, 0.2) is 170 Å². The van der Waals surface area contributed by atoms with Crippen molar-refractivity contribution in [2.24, 2.45) is 0 Å². The van der Waals surface area contributed by atoms with Gasteiger partial charge in [0.15, 0.2) is 17.5 Å². The van der Waals surface area contributed by atoms with Gasteiger partial charge in [0.1, 0.15) is 0 Å². The van der Waals surface area contributed by atoms with E-state index >= 15 is 0 Å². The Morgan fingerprint density at radius 1 is 0.385 bits per heavy atom. The predicted octanol–water partition coefficient (Wildman–Crippen LogP) is 12.6. The molecule has 0 bridgehead atoms. The van der Waals surface area contributed by atoms with Crippen molar-refractivity contribution in [2.45, 2.75) is 0 Å². The average molecular weight is 681 g/mol. The van der Waals surface area contributed by atoms with Gasteiger partial charge in [0.2, 0.25) is 0 Å². The number of benzene rings is 8. The molecular weight excluding hydrogens is 653 g/mol. The molecule has 0 atom stereocenters. The Labute approximate surface area is 302 Å². The molecule has 0 radical (unpaired) electrons. The summed E-state index contributed by atoms with van der Waals surface area (Å²) in [6.45, 7) is 0. The standard InChI is InChI=1S/C47H28N4S/c1-2-13-30(14-3-1)45-48-46(31-23-27-43-38(28-31)35-18-9-11-21-42(35)52-43)50-47(49-45)36-24-26-40(34-17-7-6-16-33(34)36)51-39-20-10-8-19-37(39)44-32-15-5-4-12-29(32)22-25-41(44)51/h1-28H. The lowest BCUT2D eigenvalue weighted by Gasteiger charge is -2.15. The van der Waals surface area contributed by atoms with Crippen molar-refractivity contribution in [1.29, 1.82) is 0 Å². The minimum Gasteiger partial charge on any atom is -0.309 e. The third kappa shape index (κ3) is 4.43. The van der Waals surface area contributed by atoms with Crippen LogP contribution in [0.5, 0.6) is 0 Å². The van der Waals surface area contributed by atoms with Gasteiger partial charge in [0.05, 0.1) is 16.7 Å². The number of aromatic nitrogens is 4. The molecule has 0 saturated carbocycles. The zero-order chi connectivity index (χ0) is 34.2. The number of rotatable bonds is 4. The van der Waals surface area contributed by atoms with Crippen LogP contribution in [0, 0.1) is 0 Å². The van der Waals surface area contributed by atoms with Crippen LogP contribution in [-0.4, -0.2) is 19.5 Å². The van der Waals surface area contributed by atoms with Gasteiger partial charge in [-0.2, -0.15) is 0 Å². The quantitative estimate of drug-likeness (QED) is 0.186. The van der Waals surface area contributed by atoms with Crippen LogP contribution in [-0.2, 0) is 0 Å². The van der Waals surface area contributed by atoms with Crippen LogP contribution in [0.2, 0.25) is 0 Å². The lowest BCUT2D eigenvalue weighted by Crippen LogP contribution is -2.01. The summed E-state index contributed by atoms with van der Waals surface area (Å²) in [5, 5.41) is 9.70. The van der Waals surface area contributed by atoms with Crippen molar-refractivity contribution in [1.82, 2.24) is 19.5 Å². The zero-order valence-electron chi connectivity index (χ0n) is 27.9. The molecule has 0 spiro atoms. The molecule has 0 aliphatic heterocycles. The molecule has 242 valence electrons. The molecule has 8 aromatic carbocycles. The molecule has 3 heterocycles. The average Bonchev–Trinajstić information content (AvgIpc) is 3.76. The zero-order valence-corrected chi connectivity index (χ0v) is 28.7. The first-order valence-corrected chi connectivity index (χ1v) is 18.3. The maximum atomic E-state index is 5.22. The van der Waals surface area contributed by atoms with E-state index in [-0.39, 0.29) is 0 Å². The molecule has 11 aromatic rings. The van der Waals surface area contributed by atoms with E-state index in [0.717, 1.165) is 33.2 Å². The van der Waals surface area contributed by atoms with E-state index in [1.54, 1.807) is 0 Å². The molecule has 0 amide bonds. The number of hydrogen-bond acceptors (Lipinski definition) is 4. The predicted molar refractivity (Wildman–Crippen MR) is 218 cm³/mol. The van der Waals surface area contributed by atoms with E-state index in [9.17, 15) is 0 Å². The Bertz CT molecular complexity index is 3190. The van der Waals surface area contributed by atoms with Crippen LogP contribution in [0.1, 0.15) is 0 Å². The van der Waals surface area contributed by atoms with Gasteiger partial charge in [-0.05, 0) is 64.7 Å². The second kappa shape index (κ2) is 11.4. The van der Waals surface area contributed by atoms with Crippen molar-refractivity contribution in [3.05, 3.63) is 170 Å². The molecule has 11 rings (SSSR count). The number of thiophene rings is 1. The summed E-state index contributed by atoms with van der Waals surface area (Å²) < 4.78 is 4.94. The lowest BCUT2D eigenvalue weighted by atomic mass is 10.0. The molecule has 4 nitrogen and oxygen atoms in total. The fourth-order valence-corrected chi connectivity index (χ4v) is 8.97. The summed E-state index contributed by atoms with van der Waals surface area (Å²) in [5.74, 6) is 1.96. The first-order chi connectivity index (χ1) is 25.8. The summed E-state index contributed by atoms with van der Waals surface area (Å²) >= 11 is 1.81. The van der Waals surface area contributed by atoms with Gasteiger partial charge in [0, 0.05) is 53.0 Å². The van der Waals surface area contributed by atoms with Crippen molar-refractivity contribution in [3.8, 4) is 39.9 Å². The molecule has 0 unspecified atom stereocenters. The molecule has 3 aromatic heterocycles. The minimum absolute atomic E-state index is 0.648. The van der Waals surface area contributed by atoms with Crippen LogP contribution < -0.4 is 0 Å². The van der Waals surface area contributed by atoms with Crippen molar-refractivity contribution < 1.29 is 0 Å². The van der Waals surface area contributed by atoms with E-state index in [1.807, 2.05) is 29.5 Å². The molecule has 0 aliphatic rings. The number of fused-ring (bicyclic) bond motifs is 9. The van der Waals surface area contributed by atoms with Gasteiger partial charge in [-0.25, -0.2) is 15.0 Å². The Morgan fingerprint density at radius 2 is 1.04 bits per heavy atom. The Kier molecular flexibility index (Phi) is 6.39. The van der Waals surface area contributed by atoms with Crippen molar-refractivity contribution >= 4 is 74.9 Å². The molecule has 0 N–H and O–H groups in total. The van der Waals surface area contributed by atoms with Crippen LogP contribution >= 0.6 is 11.3 Å². The maximum Gasteiger partial charge on any atom is 0.164 e. The number of nitrogens with zero attached hydrogens (tertiary/aromatic N) is 4. The third-order valence-electron chi connectivity index (χ3n) is 10.2. The second-order valence-electron chi connectivity index (χ2n) is 13.2. The highest BCUT2D eigenvalue weighted by atomic mass is 32.1. The number of hydrogen-bond donors (Lipinski definition) is 0. The third-order valence-corrected chi connectivity index (χ3v) is 11.4. The summed E-state index contributed by atoms with van der Waals surface area (Å²) in [6, 6.07) is 60.3. The van der Waals surface area contributed by atoms with Crippen LogP contribution in [0.4, 0.5) is 0 Å². The Balaban J connectivity index is 1.15. The SMILES string of the molecule is c1ccc(-c2nc(-c3ccc4sc5ccccc5c4c3)nc(-c3ccc(-n4c5ccccc5c5c6ccccc6ccc54)c4ccccc34)n2)cc1. The molecule has 0 aliphatic carbocycles. The summed E-state index contributed by atoms with van der Waals surface area (Å²) in [4.78, 5) is 15.5. The highest BCUT2D eigenvalue weighted by molar-refractivity contribution is 7.25. The minimum atomic E-state index is 0.648. The highest BCUT2D eigenvalue weighted by Crippen LogP contribution is 2.41. The van der Waals surface area contributed by atoms with Gasteiger partial charge >= 0.3 is 0 Å². The molecular formula is C47H28N4S. The first kappa shape index (κ1) is 29.1. The Hall–Kier alpha value is -6.69. The fourth-order valence-electron chi connectivity index (χ4n) is 7.88. The fraction of sp³-hybridized carbons (Fsp3) is 0. The van der Waals surface area contributed by atoms with Crippen LogP contribution in [0.25, 0.3) is 103 Å². The van der Waals surface area contributed by atoms with E-state index in [4.69, 9.17) is 15.0 Å². The van der Waals surface area contributed by atoms with E-state index < -0.39 is 0 Å². The lowest BCUT2D eigenvalue weighted by molar-refractivity contribution is 1.08. The van der Waals surface area contributed by atoms with E-state index in [1.165, 1.54) is 52.8 Å². The highest BCUT2D eigenvalue weighted by Gasteiger charge is 2.20. The van der Waals surface area contributed by atoms with Crippen LogP contribution in [0.3, 0.4) is 0 Å². The molecule has 52 heavy (non-hydrogen) atoms. The van der Waals surface area contributed by atoms with Crippen molar-refractivity contribution in [2.75, 3.05) is 0 Å². The van der Waals surface area contributed by atoms with Gasteiger partial charge in [0.25, 0.3) is 0 Å². The second-order valence-corrected chi connectivity index (χ2v) is 14.3. The molecule has 5 heteroatoms. The van der Waals surface area contributed by atoms with Gasteiger partial charge in [-0.3, -0.25) is 0 Å². The van der Waals surface area contributed by atoms with Crippen molar-refractivity contribution in [3.63, 3.8) is 0 Å². The Morgan fingerprint density at radius 3 is 1.90 bits per heavy atom. The van der Waals surface area contributed by atoms with Gasteiger partial charge in [-0.15, -0.1) is 11.3 Å².